The lowest BCUT2D eigenvalue weighted by Gasteiger charge is -2.07. The van der Waals surface area contributed by atoms with Crippen molar-refractivity contribution in [2.45, 2.75) is 0 Å². The molecule has 0 aliphatic rings. The average Bonchev–Trinajstić information content (AvgIpc) is 2.97. The van der Waals surface area contributed by atoms with Gasteiger partial charge in [-0.1, -0.05) is 0 Å². The number of aromatic nitrogens is 4. The summed E-state index contributed by atoms with van der Waals surface area (Å²) in [7, 11) is 0. The van der Waals surface area contributed by atoms with Gasteiger partial charge in [-0.15, -0.1) is 0 Å². The monoisotopic (exact) mass is 385 g/mol. The molecule has 0 aliphatic heterocycles. The molecule has 0 radical (unpaired) electrons. The first kappa shape index (κ1) is 17.5. The highest BCUT2D eigenvalue weighted by Gasteiger charge is 2.21. The maximum atomic E-state index is 14.2. The Morgan fingerprint density at radius 2 is 1.68 bits per heavy atom. The van der Waals surface area contributed by atoms with Crippen LogP contribution in [0.15, 0.2) is 47.3 Å². The molecule has 2 heterocycles. The molecule has 0 unspecified atom stereocenters. The highest BCUT2D eigenvalue weighted by atomic mass is 19.1. The van der Waals surface area contributed by atoms with E-state index >= 15 is 0 Å². The van der Waals surface area contributed by atoms with Crippen LogP contribution < -0.4 is 11.4 Å². The van der Waals surface area contributed by atoms with Gasteiger partial charge in [-0.05, 0) is 36.4 Å². The number of benzene rings is 2. The Kier molecular flexibility index (Phi) is 3.95. The highest BCUT2D eigenvalue weighted by molar-refractivity contribution is 6.02. The summed E-state index contributed by atoms with van der Waals surface area (Å²) in [6, 6.07) is 7.66. The highest BCUT2D eigenvalue weighted by Crippen LogP contribution is 2.24. The van der Waals surface area contributed by atoms with Crippen LogP contribution in [0.1, 0.15) is 10.5 Å². The minimum atomic E-state index is -0.983. The summed E-state index contributed by atoms with van der Waals surface area (Å²) >= 11 is 0. The number of amides is 1. The fourth-order valence-electron chi connectivity index (χ4n) is 2.78. The van der Waals surface area contributed by atoms with Gasteiger partial charge < -0.3 is 10.7 Å². The van der Waals surface area contributed by atoms with Gasteiger partial charge in [0.25, 0.3) is 5.91 Å². The third-order valence-electron chi connectivity index (χ3n) is 4.03. The number of primary amides is 1. The van der Waals surface area contributed by atoms with Crippen LogP contribution in [0.5, 0.6) is 0 Å². The summed E-state index contributed by atoms with van der Waals surface area (Å²) in [5.74, 6) is -3.53. The van der Waals surface area contributed by atoms with Gasteiger partial charge >= 0.3 is 5.69 Å². The molecule has 4 rings (SSSR count). The van der Waals surface area contributed by atoms with Crippen LogP contribution in [-0.4, -0.2) is 25.4 Å². The van der Waals surface area contributed by atoms with E-state index in [4.69, 9.17) is 5.73 Å². The Morgan fingerprint density at radius 1 is 1.00 bits per heavy atom. The maximum Gasteiger partial charge on any atom is 0.332 e. The molecule has 2 aromatic carbocycles. The first-order valence-electron chi connectivity index (χ1n) is 7.89. The molecule has 0 fully saturated rings. The number of hydrogen-bond acceptors (Lipinski definition) is 4. The van der Waals surface area contributed by atoms with Gasteiger partial charge in [-0.3, -0.25) is 4.79 Å². The van der Waals surface area contributed by atoms with E-state index in [1.54, 1.807) is 0 Å². The molecule has 0 bridgehead atoms. The third-order valence-corrected chi connectivity index (χ3v) is 4.03. The van der Waals surface area contributed by atoms with Gasteiger partial charge in [0.1, 0.15) is 23.0 Å². The van der Waals surface area contributed by atoms with E-state index in [-0.39, 0.29) is 33.9 Å². The van der Waals surface area contributed by atoms with Gasteiger partial charge in [0.15, 0.2) is 17.2 Å². The van der Waals surface area contributed by atoms with E-state index in [1.165, 1.54) is 12.1 Å². The Balaban J connectivity index is 2.06. The number of halogens is 3. The largest absolute Gasteiger partial charge is 0.364 e. The van der Waals surface area contributed by atoms with Crippen molar-refractivity contribution in [3.8, 4) is 17.1 Å². The lowest BCUT2D eigenvalue weighted by Crippen LogP contribution is -2.15. The lowest BCUT2D eigenvalue weighted by molar-refractivity contribution is 0.0997. The number of imidazole rings is 1. The van der Waals surface area contributed by atoms with E-state index in [1.807, 2.05) is 0 Å². The molecule has 0 aliphatic carbocycles. The van der Waals surface area contributed by atoms with Gasteiger partial charge in [-0.25, -0.2) is 32.5 Å². The first-order chi connectivity index (χ1) is 13.3. The van der Waals surface area contributed by atoms with Gasteiger partial charge in [0, 0.05) is 6.07 Å². The fourth-order valence-corrected chi connectivity index (χ4v) is 2.78. The SMILES string of the molecule is NC(=O)c1nc(-c2ccc(F)cc2F)nc2c1[nH]c(=O)n2-c1ccc(F)cc1. The molecule has 28 heavy (non-hydrogen) atoms. The molecule has 0 spiro atoms. The molecular formula is C18H10F3N5O2. The van der Waals surface area contributed by atoms with Crippen molar-refractivity contribution >= 4 is 17.1 Å². The number of fused-ring (bicyclic) bond motifs is 1. The number of H-pyrrole nitrogens is 1. The zero-order valence-electron chi connectivity index (χ0n) is 13.9. The van der Waals surface area contributed by atoms with Crippen LogP contribution in [0.3, 0.4) is 0 Å². The minimum absolute atomic E-state index is 0.0619. The van der Waals surface area contributed by atoms with Crippen molar-refractivity contribution < 1.29 is 18.0 Å². The van der Waals surface area contributed by atoms with Crippen LogP contribution in [0, 0.1) is 17.5 Å². The van der Waals surface area contributed by atoms with Crippen molar-refractivity contribution in [1.82, 2.24) is 19.5 Å². The van der Waals surface area contributed by atoms with Gasteiger partial charge in [0.2, 0.25) is 0 Å². The van der Waals surface area contributed by atoms with Crippen LogP contribution in [0.25, 0.3) is 28.2 Å². The van der Waals surface area contributed by atoms with E-state index in [0.717, 1.165) is 28.8 Å². The Labute approximate surface area is 154 Å². The van der Waals surface area contributed by atoms with Gasteiger partial charge in [-0.2, -0.15) is 0 Å². The number of carbonyl (C=O) groups excluding carboxylic acids is 1. The number of hydrogen-bond donors (Lipinski definition) is 2. The quantitative estimate of drug-likeness (QED) is 0.564. The number of rotatable bonds is 3. The molecule has 4 aromatic rings. The average molecular weight is 385 g/mol. The molecule has 2 aromatic heterocycles. The van der Waals surface area contributed by atoms with Crippen LogP contribution in [-0.2, 0) is 0 Å². The predicted octanol–water partition coefficient (Wildman–Crippen LogP) is 2.29. The molecule has 0 saturated heterocycles. The lowest BCUT2D eigenvalue weighted by atomic mass is 10.2. The number of nitrogens with one attached hydrogen (secondary N) is 1. The van der Waals surface area contributed by atoms with E-state index in [2.05, 4.69) is 15.0 Å². The van der Waals surface area contributed by atoms with Gasteiger partial charge in [0.05, 0.1) is 11.3 Å². The minimum Gasteiger partial charge on any atom is -0.364 e. The fraction of sp³-hybridized carbons (Fsp3) is 0. The van der Waals surface area contributed by atoms with E-state index in [9.17, 15) is 22.8 Å². The summed E-state index contributed by atoms with van der Waals surface area (Å²) in [5.41, 5.74) is 4.24. The van der Waals surface area contributed by atoms with Crippen molar-refractivity contribution in [2.75, 3.05) is 0 Å². The molecule has 0 saturated carbocycles. The van der Waals surface area contributed by atoms with Crippen LogP contribution in [0.4, 0.5) is 13.2 Å². The van der Waals surface area contributed by atoms with Crippen molar-refractivity contribution in [1.29, 1.82) is 0 Å². The molecule has 0 atom stereocenters. The van der Waals surface area contributed by atoms with Crippen molar-refractivity contribution in [3.63, 3.8) is 0 Å². The molecule has 7 nitrogen and oxygen atoms in total. The second-order valence-electron chi connectivity index (χ2n) is 5.82. The standard InChI is InChI=1S/C18H10F3N5O2/c19-8-1-4-10(5-2-8)26-17-14(24-18(26)28)13(15(22)27)23-16(25-17)11-6-3-9(20)7-12(11)21/h1-7H,(H2,22,27)(H,24,28). The summed E-state index contributed by atoms with van der Waals surface area (Å²) in [5, 5.41) is 0. The third kappa shape index (κ3) is 2.80. The predicted molar refractivity (Wildman–Crippen MR) is 93.3 cm³/mol. The number of nitrogens with two attached hydrogens (primary N) is 1. The van der Waals surface area contributed by atoms with Crippen LogP contribution in [0.2, 0.25) is 0 Å². The van der Waals surface area contributed by atoms with Crippen molar-refractivity contribution in [3.05, 3.63) is 76.1 Å². The van der Waals surface area contributed by atoms with Crippen LogP contribution >= 0.6 is 0 Å². The normalized spacial score (nSPS) is 11.1. The number of aromatic amines is 1. The zero-order chi connectivity index (χ0) is 20.0. The molecule has 3 N–H and O–H groups in total. The molecule has 10 heteroatoms. The summed E-state index contributed by atoms with van der Waals surface area (Å²) in [6.45, 7) is 0. The smallest absolute Gasteiger partial charge is 0.332 e. The number of carbonyl (C=O) groups is 1. The molecule has 1 amide bonds. The summed E-state index contributed by atoms with van der Waals surface area (Å²) < 4.78 is 41.7. The van der Waals surface area contributed by atoms with E-state index in [0.29, 0.717) is 6.07 Å². The summed E-state index contributed by atoms with van der Waals surface area (Å²) in [4.78, 5) is 34.8. The zero-order valence-corrected chi connectivity index (χ0v) is 13.9. The maximum absolute atomic E-state index is 14.2. The molecule has 140 valence electrons. The summed E-state index contributed by atoms with van der Waals surface area (Å²) in [6.07, 6.45) is 0. The Bertz CT molecular complexity index is 1300. The van der Waals surface area contributed by atoms with E-state index < -0.39 is 29.0 Å². The molecular weight excluding hydrogens is 375 g/mol. The number of nitrogens with zero attached hydrogens (tertiary/aromatic N) is 3. The Hall–Kier alpha value is -3.95. The Morgan fingerprint density at radius 3 is 2.32 bits per heavy atom. The first-order valence-corrected chi connectivity index (χ1v) is 7.89. The van der Waals surface area contributed by atoms with Crippen molar-refractivity contribution in [2.24, 2.45) is 5.73 Å². The second-order valence-corrected chi connectivity index (χ2v) is 5.82. The topological polar surface area (TPSA) is 107 Å². The second kappa shape index (κ2) is 6.34.